The van der Waals surface area contributed by atoms with E-state index in [1.807, 2.05) is 41.5 Å². The number of amides is 2. The Bertz CT molecular complexity index is 1120. The van der Waals surface area contributed by atoms with Crippen molar-refractivity contribution in [1.82, 2.24) is 9.97 Å². The van der Waals surface area contributed by atoms with Crippen molar-refractivity contribution in [3.8, 4) is 6.07 Å². The minimum Gasteiger partial charge on any atom is -0.369 e. The highest BCUT2D eigenvalue weighted by Crippen LogP contribution is 2.38. The van der Waals surface area contributed by atoms with E-state index in [2.05, 4.69) is 15.3 Å². The summed E-state index contributed by atoms with van der Waals surface area (Å²) in [5.41, 5.74) is 5.99. The van der Waals surface area contributed by atoms with E-state index in [1.54, 1.807) is 11.8 Å². The highest BCUT2D eigenvalue weighted by atomic mass is 32.2. The summed E-state index contributed by atoms with van der Waals surface area (Å²) in [5.74, 6) is -2.24. The molecule has 0 spiro atoms. The number of nitriles is 1. The van der Waals surface area contributed by atoms with Gasteiger partial charge in [-0.25, -0.2) is 0 Å². The molecule has 2 unspecified atom stereocenters. The van der Waals surface area contributed by atoms with Gasteiger partial charge in [0, 0.05) is 29.8 Å². The molecule has 3 heterocycles. The maximum Gasteiger partial charge on any atom is 0.258 e. The number of nitrogens with two attached hydrogens (primary N) is 1. The van der Waals surface area contributed by atoms with Gasteiger partial charge in [-0.3, -0.25) is 19.4 Å². The maximum atomic E-state index is 13.1. The number of fused-ring (bicyclic) bond motifs is 1. The number of nitrogens with zero attached hydrogens (tertiary/aromatic N) is 3. The van der Waals surface area contributed by atoms with Crippen LogP contribution in [-0.2, 0) is 9.59 Å². The fourth-order valence-corrected chi connectivity index (χ4v) is 4.60. The summed E-state index contributed by atoms with van der Waals surface area (Å²) in [6.07, 6.45) is 3.10. The van der Waals surface area contributed by atoms with E-state index in [9.17, 15) is 19.6 Å². The smallest absolute Gasteiger partial charge is 0.258 e. The number of carbonyl (C=O) groups excluding carboxylic acids is 2. The number of H-pyrrole nitrogens is 1. The molecule has 0 saturated carbocycles. The van der Waals surface area contributed by atoms with Crippen LogP contribution < -0.4 is 21.5 Å². The van der Waals surface area contributed by atoms with Gasteiger partial charge >= 0.3 is 0 Å². The number of hydrogen-bond acceptors (Lipinski definition) is 7. The van der Waals surface area contributed by atoms with Gasteiger partial charge < -0.3 is 16.0 Å². The molecular formula is C21H22N6O3S. The standard InChI is InChI=1S/C21H22N6O3S/c1-31-13-4-2-11(3-5-13)15-14(10-22)19(29)24-18-16(15)20(30)26-21(25-18)27-8-6-12(7-9-27)17(23)28/h2-5,12,14-15H,6-9H2,1H3,(H2,23,28)(H2,24,25,26,29,30). The van der Waals surface area contributed by atoms with E-state index in [4.69, 9.17) is 5.73 Å². The number of rotatable bonds is 4. The molecule has 0 radical (unpaired) electrons. The third kappa shape index (κ3) is 3.88. The second-order valence-corrected chi connectivity index (χ2v) is 8.54. The summed E-state index contributed by atoms with van der Waals surface area (Å²) >= 11 is 1.58. The van der Waals surface area contributed by atoms with Crippen molar-refractivity contribution < 1.29 is 9.59 Å². The number of benzene rings is 1. The largest absolute Gasteiger partial charge is 0.369 e. The molecule has 1 aromatic carbocycles. The molecule has 1 saturated heterocycles. The first-order chi connectivity index (χ1) is 14.9. The van der Waals surface area contributed by atoms with Gasteiger partial charge in [0.15, 0.2) is 0 Å². The number of primary amides is 1. The lowest BCUT2D eigenvalue weighted by Crippen LogP contribution is -2.42. The summed E-state index contributed by atoms with van der Waals surface area (Å²) in [6.45, 7) is 1.04. The maximum absolute atomic E-state index is 13.1. The molecule has 1 aromatic heterocycles. The molecule has 4 N–H and O–H groups in total. The predicted molar refractivity (Wildman–Crippen MR) is 117 cm³/mol. The van der Waals surface area contributed by atoms with Crippen LogP contribution in [0.4, 0.5) is 11.8 Å². The van der Waals surface area contributed by atoms with Crippen LogP contribution in [0.1, 0.15) is 29.9 Å². The lowest BCUT2D eigenvalue weighted by Gasteiger charge is -2.33. The average Bonchev–Trinajstić information content (AvgIpc) is 2.78. The molecule has 10 heteroatoms. The van der Waals surface area contributed by atoms with Crippen LogP contribution in [-0.4, -0.2) is 41.1 Å². The first-order valence-electron chi connectivity index (χ1n) is 9.95. The molecule has 2 aliphatic heterocycles. The first kappa shape index (κ1) is 20.9. The van der Waals surface area contributed by atoms with E-state index in [0.717, 1.165) is 4.90 Å². The monoisotopic (exact) mass is 438 g/mol. The molecule has 9 nitrogen and oxygen atoms in total. The van der Waals surface area contributed by atoms with Gasteiger partial charge in [-0.2, -0.15) is 10.2 Å². The molecule has 2 aliphatic rings. The van der Waals surface area contributed by atoms with Crippen LogP contribution in [0.3, 0.4) is 0 Å². The second-order valence-electron chi connectivity index (χ2n) is 7.66. The quantitative estimate of drug-likeness (QED) is 0.612. The Morgan fingerprint density at radius 2 is 1.94 bits per heavy atom. The molecule has 2 amide bonds. The van der Waals surface area contributed by atoms with E-state index >= 15 is 0 Å². The Labute approximate surface area is 183 Å². The zero-order valence-corrected chi connectivity index (χ0v) is 17.7. The van der Waals surface area contributed by atoms with E-state index in [-0.39, 0.29) is 23.2 Å². The van der Waals surface area contributed by atoms with Crippen molar-refractivity contribution in [1.29, 1.82) is 5.26 Å². The second kappa shape index (κ2) is 8.43. The van der Waals surface area contributed by atoms with Gasteiger partial charge in [0.2, 0.25) is 17.8 Å². The average molecular weight is 439 g/mol. The van der Waals surface area contributed by atoms with Crippen LogP contribution >= 0.6 is 11.8 Å². The SMILES string of the molecule is CSc1ccc(C2c3c(nc(N4CCC(C(N)=O)CC4)[nH]c3=O)NC(=O)C2C#N)cc1. The summed E-state index contributed by atoms with van der Waals surface area (Å²) in [5, 5.41) is 12.3. The van der Waals surface area contributed by atoms with Crippen molar-refractivity contribution in [2.75, 3.05) is 29.6 Å². The van der Waals surface area contributed by atoms with Gasteiger partial charge in [-0.1, -0.05) is 12.1 Å². The Hall–Kier alpha value is -3.32. The van der Waals surface area contributed by atoms with Crippen molar-refractivity contribution in [3.05, 3.63) is 45.7 Å². The number of thioether (sulfide) groups is 1. The van der Waals surface area contributed by atoms with E-state index < -0.39 is 23.3 Å². The van der Waals surface area contributed by atoms with Gasteiger partial charge in [0.25, 0.3) is 5.56 Å². The fourth-order valence-electron chi connectivity index (χ4n) is 4.20. The molecular weight excluding hydrogens is 416 g/mol. The number of nitrogens with one attached hydrogen (secondary N) is 2. The Morgan fingerprint density at radius 1 is 1.26 bits per heavy atom. The van der Waals surface area contributed by atoms with Gasteiger partial charge in [-0.15, -0.1) is 11.8 Å². The van der Waals surface area contributed by atoms with E-state index in [1.165, 1.54) is 0 Å². The molecule has 160 valence electrons. The molecule has 0 aliphatic carbocycles. The summed E-state index contributed by atoms with van der Waals surface area (Å²) < 4.78 is 0. The van der Waals surface area contributed by atoms with Crippen LogP contribution in [0, 0.1) is 23.2 Å². The first-order valence-corrected chi connectivity index (χ1v) is 11.2. The lowest BCUT2D eigenvalue weighted by molar-refractivity contribution is -0.122. The Balaban J connectivity index is 1.72. The van der Waals surface area contributed by atoms with Crippen molar-refractivity contribution in [2.45, 2.75) is 23.7 Å². The minimum atomic E-state index is -1.03. The molecule has 2 atom stereocenters. The van der Waals surface area contributed by atoms with Gasteiger partial charge in [0.05, 0.1) is 11.6 Å². The van der Waals surface area contributed by atoms with Crippen molar-refractivity contribution in [2.24, 2.45) is 17.6 Å². The highest BCUT2D eigenvalue weighted by Gasteiger charge is 2.40. The number of hydrogen-bond donors (Lipinski definition) is 3. The van der Waals surface area contributed by atoms with Gasteiger partial charge in [-0.05, 0) is 36.8 Å². The zero-order chi connectivity index (χ0) is 22.1. The van der Waals surface area contributed by atoms with Crippen LogP contribution in [0.2, 0.25) is 0 Å². The molecule has 2 aromatic rings. The third-order valence-electron chi connectivity index (χ3n) is 5.92. The van der Waals surface area contributed by atoms with Gasteiger partial charge in [0.1, 0.15) is 11.7 Å². The number of piperidine rings is 1. The highest BCUT2D eigenvalue weighted by molar-refractivity contribution is 7.98. The molecule has 1 fully saturated rings. The molecule has 31 heavy (non-hydrogen) atoms. The fraction of sp³-hybridized carbons (Fsp3) is 0.381. The zero-order valence-electron chi connectivity index (χ0n) is 16.9. The third-order valence-corrected chi connectivity index (χ3v) is 6.67. The van der Waals surface area contributed by atoms with Crippen molar-refractivity contribution >= 4 is 35.3 Å². The van der Waals surface area contributed by atoms with Crippen LogP contribution in [0.5, 0.6) is 0 Å². The number of aromatic amines is 1. The Morgan fingerprint density at radius 3 is 2.52 bits per heavy atom. The Kier molecular flexibility index (Phi) is 5.69. The van der Waals surface area contributed by atoms with E-state index in [0.29, 0.717) is 37.4 Å². The summed E-state index contributed by atoms with van der Waals surface area (Å²) in [4.78, 5) is 47.4. The summed E-state index contributed by atoms with van der Waals surface area (Å²) in [6, 6.07) is 9.52. The normalized spacial score (nSPS) is 21.2. The number of aromatic nitrogens is 2. The van der Waals surface area contributed by atoms with Crippen molar-refractivity contribution in [3.63, 3.8) is 0 Å². The topological polar surface area (TPSA) is 145 Å². The lowest BCUT2D eigenvalue weighted by atomic mass is 9.79. The summed E-state index contributed by atoms with van der Waals surface area (Å²) in [7, 11) is 0. The molecule has 4 rings (SSSR count). The van der Waals surface area contributed by atoms with Crippen LogP contribution in [0.15, 0.2) is 34.0 Å². The van der Waals surface area contributed by atoms with Crippen LogP contribution in [0.25, 0.3) is 0 Å². The minimum absolute atomic E-state index is 0.172. The number of carbonyl (C=O) groups is 2. The number of anilines is 2. The molecule has 0 bridgehead atoms. The predicted octanol–water partition coefficient (Wildman–Crippen LogP) is 1.42.